The predicted octanol–water partition coefficient (Wildman–Crippen LogP) is 4.36. The van der Waals surface area contributed by atoms with Crippen LogP contribution in [-0.4, -0.2) is 51.8 Å². The normalized spacial score (nSPS) is 14.0. The molecular weight excluding hydrogens is 422 g/mol. The SMILES string of the molecule is O=C(C=Cc1cn(Cc2ccccc2)nc1-c1cccnc1)N1CCN(c2ccccc2)CC1. The van der Waals surface area contributed by atoms with Gasteiger partial charge in [-0.2, -0.15) is 5.10 Å². The number of piperazine rings is 1. The van der Waals surface area contributed by atoms with Crippen LogP contribution in [0.2, 0.25) is 0 Å². The van der Waals surface area contributed by atoms with Gasteiger partial charge in [-0.15, -0.1) is 0 Å². The molecule has 2 aromatic heterocycles. The van der Waals surface area contributed by atoms with Crippen molar-refractivity contribution in [3.63, 3.8) is 0 Å². The van der Waals surface area contributed by atoms with E-state index in [0.717, 1.165) is 29.9 Å². The van der Waals surface area contributed by atoms with Gasteiger partial charge in [0.1, 0.15) is 5.69 Å². The maximum atomic E-state index is 12.9. The van der Waals surface area contributed by atoms with Gasteiger partial charge in [0.2, 0.25) is 5.91 Å². The van der Waals surface area contributed by atoms with Gasteiger partial charge in [0, 0.05) is 67.7 Å². The smallest absolute Gasteiger partial charge is 0.246 e. The Morgan fingerprint density at radius 3 is 2.32 bits per heavy atom. The summed E-state index contributed by atoms with van der Waals surface area (Å²) in [6.07, 6.45) is 9.09. The number of aromatic nitrogens is 3. The first-order valence-electron chi connectivity index (χ1n) is 11.5. The molecular formula is C28H27N5O. The monoisotopic (exact) mass is 449 g/mol. The molecule has 1 amide bonds. The van der Waals surface area contributed by atoms with Gasteiger partial charge < -0.3 is 9.80 Å². The summed E-state index contributed by atoms with van der Waals surface area (Å²) >= 11 is 0. The van der Waals surface area contributed by atoms with Gasteiger partial charge >= 0.3 is 0 Å². The molecule has 0 radical (unpaired) electrons. The van der Waals surface area contributed by atoms with E-state index in [1.165, 1.54) is 11.3 Å². The van der Waals surface area contributed by atoms with Crippen LogP contribution in [0.5, 0.6) is 0 Å². The summed E-state index contributed by atoms with van der Waals surface area (Å²) in [5.41, 5.74) is 5.03. The van der Waals surface area contributed by atoms with Crippen LogP contribution in [0.3, 0.4) is 0 Å². The summed E-state index contributed by atoms with van der Waals surface area (Å²) in [6.45, 7) is 3.75. The van der Waals surface area contributed by atoms with E-state index in [9.17, 15) is 4.79 Å². The summed E-state index contributed by atoms with van der Waals surface area (Å²) < 4.78 is 1.92. The average molecular weight is 450 g/mol. The number of carbonyl (C=O) groups excluding carboxylic acids is 1. The quantitative estimate of drug-likeness (QED) is 0.411. The lowest BCUT2D eigenvalue weighted by Gasteiger charge is -2.35. The lowest BCUT2D eigenvalue weighted by Crippen LogP contribution is -2.48. The van der Waals surface area contributed by atoms with Crippen molar-refractivity contribution in [3.05, 3.63) is 109 Å². The third-order valence-electron chi connectivity index (χ3n) is 6.03. The lowest BCUT2D eigenvalue weighted by atomic mass is 10.1. The molecule has 6 heteroatoms. The van der Waals surface area contributed by atoms with E-state index in [-0.39, 0.29) is 5.91 Å². The molecule has 2 aromatic carbocycles. The molecule has 170 valence electrons. The Balaban J connectivity index is 1.30. The van der Waals surface area contributed by atoms with Gasteiger partial charge in [-0.1, -0.05) is 48.5 Å². The first-order valence-corrected chi connectivity index (χ1v) is 11.5. The molecule has 1 fully saturated rings. The summed E-state index contributed by atoms with van der Waals surface area (Å²) in [4.78, 5) is 21.4. The number of anilines is 1. The van der Waals surface area contributed by atoms with E-state index in [4.69, 9.17) is 5.10 Å². The van der Waals surface area contributed by atoms with Gasteiger partial charge in [-0.05, 0) is 35.9 Å². The van der Waals surface area contributed by atoms with Crippen molar-refractivity contribution >= 4 is 17.7 Å². The Morgan fingerprint density at radius 2 is 1.62 bits per heavy atom. The fourth-order valence-electron chi connectivity index (χ4n) is 4.23. The third-order valence-corrected chi connectivity index (χ3v) is 6.03. The summed E-state index contributed by atoms with van der Waals surface area (Å²) in [5.74, 6) is 0.0284. The highest BCUT2D eigenvalue weighted by Gasteiger charge is 2.20. The van der Waals surface area contributed by atoms with Crippen molar-refractivity contribution in [1.82, 2.24) is 19.7 Å². The molecule has 1 aliphatic heterocycles. The molecule has 0 N–H and O–H groups in total. The molecule has 0 bridgehead atoms. The van der Waals surface area contributed by atoms with Crippen LogP contribution in [0.25, 0.3) is 17.3 Å². The zero-order valence-corrected chi connectivity index (χ0v) is 19.0. The second kappa shape index (κ2) is 10.2. The van der Waals surface area contributed by atoms with Gasteiger partial charge in [-0.3, -0.25) is 14.5 Å². The first-order chi connectivity index (χ1) is 16.8. The standard InChI is InChI=1S/C28H27N5O/c34-27(32-18-16-31(17-19-32)26-11-5-2-6-12-26)14-13-25-22-33(21-23-8-3-1-4-9-23)30-28(25)24-10-7-15-29-20-24/h1-15,20,22H,16-19,21H2. The molecule has 0 unspecified atom stereocenters. The van der Waals surface area contributed by atoms with Crippen LogP contribution in [0, 0.1) is 0 Å². The minimum atomic E-state index is 0.0284. The highest BCUT2D eigenvalue weighted by molar-refractivity contribution is 5.93. The van der Waals surface area contributed by atoms with Crippen LogP contribution >= 0.6 is 0 Å². The molecule has 0 atom stereocenters. The molecule has 3 heterocycles. The number of benzene rings is 2. The number of nitrogens with zero attached hydrogens (tertiary/aromatic N) is 5. The molecule has 0 spiro atoms. The average Bonchev–Trinajstić information content (AvgIpc) is 3.31. The highest BCUT2D eigenvalue weighted by atomic mass is 16.2. The second-order valence-electron chi connectivity index (χ2n) is 8.34. The minimum absolute atomic E-state index is 0.0284. The number of carbonyl (C=O) groups is 1. The van der Waals surface area contributed by atoms with E-state index in [1.54, 1.807) is 18.5 Å². The topological polar surface area (TPSA) is 54.3 Å². The highest BCUT2D eigenvalue weighted by Crippen LogP contribution is 2.23. The molecule has 5 rings (SSSR count). The molecule has 1 saturated heterocycles. The van der Waals surface area contributed by atoms with Crippen molar-refractivity contribution in [2.45, 2.75) is 6.54 Å². The Bertz CT molecular complexity index is 1240. The Hall–Kier alpha value is -4.19. The zero-order chi connectivity index (χ0) is 23.2. The van der Waals surface area contributed by atoms with Gasteiger partial charge in [0.15, 0.2) is 0 Å². The van der Waals surface area contributed by atoms with Crippen LogP contribution in [0.4, 0.5) is 5.69 Å². The maximum absolute atomic E-state index is 12.9. The van der Waals surface area contributed by atoms with Crippen molar-refractivity contribution < 1.29 is 4.79 Å². The van der Waals surface area contributed by atoms with Gasteiger partial charge in [0.05, 0.1) is 6.54 Å². The molecule has 0 saturated carbocycles. The second-order valence-corrected chi connectivity index (χ2v) is 8.34. The molecule has 6 nitrogen and oxygen atoms in total. The number of para-hydroxylation sites is 1. The van der Waals surface area contributed by atoms with Crippen LogP contribution in [0.15, 0.2) is 97.5 Å². The fourth-order valence-corrected chi connectivity index (χ4v) is 4.23. The van der Waals surface area contributed by atoms with Crippen molar-refractivity contribution in [1.29, 1.82) is 0 Å². The predicted molar refractivity (Wildman–Crippen MR) is 135 cm³/mol. The summed E-state index contributed by atoms with van der Waals surface area (Å²) in [7, 11) is 0. The third kappa shape index (κ3) is 5.07. The van der Waals surface area contributed by atoms with Crippen LogP contribution in [-0.2, 0) is 11.3 Å². The van der Waals surface area contributed by atoms with E-state index in [1.807, 2.05) is 70.4 Å². The van der Waals surface area contributed by atoms with Gasteiger partial charge in [-0.25, -0.2) is 0 Å². The fraction of sp³-hybridized carbons (Fsp3) is 0.179. The number of pyridine rings is 1. The Morgan fingerprint density at radius 1 is 0.882 bits per heavy atom. The largest absolute Gasteiger partial charge is 0.368 e. The van der Waals surface area contributed by atoms with E-state index < -0.39 is 0 Å². The van der Waals surface area contributed by atoms with Crippen molar-refractivity contribution in [2.75, 3.05) is 31.1 Å². The number of rotatable bonds is 6. The number of hydrogen-bond donors (Lipinski definition) is 0. The number of hydrogen-bond acceptors (Lipinski definition) is 4. The molecule has 1 aliphatic rings. The minimum Gasteiger partial charge on any atom is -0.368 e. The van der Waals surface area contributed by atoms with E-state index in [2.05, 4.69) is 34.1 Å². The van der Waals surface area contributed by atoms with Crippen molar-refractivity contribution in [2.24, 2.45) is 0 Å². The Labute approximate surface area is 199 Å². The van der Waals surface area contributed by atoms with Crippen LogP contribution < -0.4 is 4.90 Å². The van der Waals surface area contributed by atoms with Crippen molar-refractivity contribution in [3.8, 4) is 11.3 Å². The van der Waals surface area contributed by atoms with Crippen LogP contribution in [0.1, 0.15) is 11.1 Å². The summed E-state index contributed by atoms with van der Waals surface area (Å²) in [5, 5.41) is 4.80. The maximum Gasteiger partial charge on any atom is 0.246 e. The summed E-state index contributed by atoms with van der Waals surface area (Å²) in [6, 6.07) is 24.5. The van der Waals surface area contributed by atoms with Gasteiger partial charge in [0.25, 0.3) is 0 Å². The lowest BCUT2D eigenvalue weighted by molar-refractivity contribution is -0.126. The van der Waals surface area contributed by atoms with E-state index in [0.29, 0.717) is 19.6 Å². The molecule has 0 aliphatic carbocycles. The number of amides is 1. The van der Waals surface area contributed by atoms with E-state index >= 15 is 0 Å². The Kier molecular flexibility index (Phi) is 6.47. The first kappa shape index (κ1) is 21.6. The molecule has 4 aromatic rings. The molecule has 34 heavy (non-hydrogen) atoms. The zero-order valence-electron chi connectivity index (χ0n) is 19.0.